The third kappa shape index (κ3) is 5.17. The molecule has 16 heavy (non-hydrogen) atoms. The summed E-state index contributed by atoms with van der Waals surface area (Å²) in [6.45, 7) is 7.10. The maximum Gasteiger partial charge on any atom is 0.119 e. The van der Waals surface area contributed by atoms with E-state index < -0.39 is 0 Å². The Hall–Kier alpha value is -1.02. The number of nitrogens with one attached hydrogen (secondary N) is 1. The number of benzene rings is 1. The predicted molar refractivity (Wildman–Crippen MR) is 69.1 cm³/mol. The van der Waals surface area contributed by atoms with E-state index >= 15 is 0 Å². The Morgan fingerprint density at radius 2 is 1.75 bits per heavy atom. The summed E-state index contributed by atoms with van der Waals surface area (Å²) in [5.41, 5.74) is 1.39. The largest absolute Gasteiger partial charge is 0.492 e. The van der Waals surface area contributed by atoms with E-state index in [1.165, 1.54) is 18.4 Å². The van der Waals surface area contributed by atoms with Gasteiger partial charge in [0.25, 0.3) is 0 Å². The molecule has 0 aliphatic rings. The van der Waals surface area contributed by atoms with Gasteiger partial charge in [-0.15, -0.1) is 0 Å². The number of rotatable bonds is 8. The molecule has 0 radical (unpaired) electrons. The molecule has 90 valence electrons. The summed E-state index contributed by atoms with van der Waals surface area (Å²) in [5, 5.41) is 3.31. The minimum Gasteiger partial charge on any atom is -0.492 e. The number of hydrogen-bond donors (Lipinski definition) is 1. The van der Waals surface area contributed by atoms with Crippen molar-refractivity contribution in [3.05, 3.63) is 29.8 Å². The molecule has 1 aromatic carbocycles. The van der Waals surface area contributed by atoms with Gasteiger partial charge in [0.2, 0.25) is 0 Å². The smallest absolute Gasteiger partial charge is 0.119 e. The van der Waals surface area contributed by atoms with Gasteiger partial charge in [-0.25, -0.2) is 0 Å². The molecule has 0 amide bonds. The SMILES string of the molecule is CCCNCCOc1ccc(CCC)cc1. The van der Waals surface area contributed by atoms with Crippen molar-refractivity contribution in [2.45, 2.75) is 33.1 Å². The summed E-state index contributed by atoms with van der Waals surface area (Å²) in [6.07, 6.45) is 3.52. The van der Waals surface area contributed by atoms with Gasteiger partial charge in [-0.3, -0.25) is 0 Å². The predicted octanol–water partition coefficient (Wildman–Crippen LogP) is 3.02. The van der Waals surface area contributed by atoms with Crippen LogP contribution in [0, 0.1) is 0 Å². The quantitative estimate of drug-likeness (QED) is 0.681. The van der Waals surface area contributed by atoms with Crippen molar-refractivity contribution in [2.24, 2.45) is 0 Å². The summed E-state index contributed by atoms with van der Waals surface area (Å²) in [6, 6.07) is 8.42. The standard InChI is InChI=1S/C14H23NO/c1-3-5-13-6-8-14(9-7-13)16-12-11-15-10-4-2/h6-9,15H,3-5,10-12H2,1-2H3. The highest BCUT2D eigenvalue weighted by Crippen LogP contribution is 2.12. The molecule has 0 aliphatic heterocycles. The van der Waals surface area contributed by atoms with E-state index in [-0.39, 0.29) is 0 Å². The Morgan fingerprint density at radius 1 is 1.00 bits per heavy atom. The van der Waals surface area contributed by atoms with Gasteiger partial charge in [-0.1, -0.05) is 32.4 Å². The third-order valence-electron chi connectivity index (χ3n) is 2.44. The lowest BCUT2D eigenvalue weighted by molar-refractivity contribution is 0.314. The van der Waals surface area contributed by atoms with Gasteiger partial charge in [0.15, 0.2) is 0 Å². The van der Waals surface area contributed by atoms with Crippen molar-refractivity contribution in [1.29, 1.82) is 0 Å². The second-order valence-corrected chi connectivity index (χ2v) is 3.99. The van der Waals surface area contributed by atoms with E-state index in [1.807, 2.05) is 0 Å². The zero-order chi connectivity index (χ0) is 11.6. The van der Waals surface area contributed by atoms with Crippen molar-refractivity contribution in [3.63, 3.8) is 0 Å². The molecule has 0 spiro atoms. The topological polar surface area (TPSA) is 21.3 Å². The maximum absolute atomic E-state index is 5.62. The number of aryl methyl sites for hydroxylation is 1. The van der Waals surface area contributed by atoms with Crippen molar-refractivity contribution < 1.29 is 4.74 Å². The molecule has 0 unspecified atom stereocenters. The molecule has 1 rings (SSSR count). The van der Waals surface area contributed by atoms with E-state index in [9.17, 15) is 0 Å². The summed E-state index contributed by atoms with van der Waals surface area (Å²) in [5.74, 6) is 0.971. The van der Waals surface area contributed by atoms with Gasteiger partial charge in [-0.2, -0.15) is 0 Å². The Kier molecular flexibility index (Phi) is 6.66. The molecule has 2 nitrogen and oxygen atoms in total. The molecular weight excluding hydrogens is 198 g/mol. The second-order valence-electron chi connectivity index (χ2n) is 3.99. The highest BCUT2D eigenvalue weighted by molar-refractivity contribution is 5.27. The van der Waals surface area contributed by atoms with Gasteiger partial charge in [-0.05, 0) is 37.1 Å². The second kappa shape index (κ2) is 8.17. The zero-order valence-electron chi connectivity index (χ0n) is 10.5. The van der Waals surface area contributed by atoms with Gasteiger partial charge in [0.1, 0.15) is 12.4 Å². The fourth-order valence-corrected chi connectivity index (χ4v) is 1.58. The summed E-state index contributed by atoms with van der Waals surface area (Å²) in [7, 11) is 0. The van der Waals surface area contributed by atoms with Gasteiger partial charge in [0.05, 0.1) is 0 Å². The summed E-state index contributed by atoms with van der Waals surface area (Å²) in [4.78, 5) is 0. The minimum absolute atomic E-state index is 0.743. The zero-order valence-corrected chi connectivity index (χ0v) is 10.5. The van der Waals surface area contributed by atoms with Gasteiger partial charge >= 0.3 is 0 Å². The molecule has 0 aromatic heterocycles. The molecule has 0 fully saturated rings. The van der Waals surface area contributed by atoms with Crippen molar-refractivity contribution in [1.82, 2.24) is 5.32 Å². The van der Waals surface area contributed by atoms with Crippen molar-refractivity contribution in [2.75, 3.05) is 19.7 Å². The first-order valence-electron chi connectivity index (χ1n) is 6.29. The number of hydrogen-bond acceptors (Lipinski definition) is 2. The Bertz CT molecular complexity index is 269. The van der Waals surface area contributed by atoms with Crippen LogP contribution in [0.1, 0.15) is 32.3 Å². The molecular formula is C14H23NO. The Balaban J connectivity index is 2.21. The van der Waals surface area contributed by atoms with Crippen molar-refractivity contribution >= 4 is 0 Å². The highest BCUT2D eigenvalue weighted by atomic mass is 16.5. The van der Waals surface area contributed by atoms with Crippen LogP contribution in [0.3, 0.4) is 0 Å². The molecule has 2 heteroatoms. The van der Waals surface area contributed by atoms with Crippen LogP contribution in [0.5, 0.6) is 5.75 Å². The van der Waals surface area contributed by atoms with E-state index in [2.05, 4.69) is 43.4 Å². The lowest BCUT2D eigenvalue weighted by Gasteiger charge is -2.07. The van der Waals surface area contributed by atoms with Crippen LogP contribution in [0.15, 0.2) is 24.3 Å². The van der Waals surface area contributed by atoms with Crippen LogP contribution < -0.4 is 10.1 Å². The monoisotopic (exact) mass is 221 g/mol. The van der Waals surface area contributed by atoms with Crippen LogP contribution in [-0.2, 0) is 6.42 Å². The van der Waals surface area contributed by atoms with Crippen LogP contribution in [0.2, 0.25) is 0 Å². The van der Waals surface area contributed by atoms with Crippen LogP contribution in [-0.4, -0.2) is 19.7 Å². The van der Waals surface area contributed by atoms with Crippen LogP contribution in [0.4, 0.5) is 0 Å². The van der Waals surface area contributed by atoms with E-state index in [1.54, 1.807) is 0 Å². The van der Waals surface area contributed by atoms with Crippen LogP contribution in [0.25, 0.3) is 0 Å². The van der Waals surface area contributed by atoms with E-state index in [0.29, 0.717) is 0 Å². The molecule has 1 aromatic rings. The number of ether oxygens (including phenoxy) is 1. The maximum atomic E-state index is 5.62. The fourth-order valence-electron chi connectivity index (χ4n) is 1.58. The average Bonchev–Trinajstić information content (AvgIpc) is 2.31. The first-order valence-corrected chi connectivity index (χ1v) is 6.29. The molecule has 0 heterocycles. The normalized spacial score (nSPS) is 10.4. The third-order valence-corrected chi connectivity index (χ3v) is 2.44. The lowest BCUT2D eigenvalue weighted by atomic mass is 10.1. The molecule has 0 atom stereocenters. The first kappa shape index (κ1) is 13.0. The van der Waals surface area contributed by atoms with Gasteiger partial charge < -0.3 is 10.1 Å². The Morgan fingerprint density at radius 3 is 2.38 bits per heavy atom. The van der Waals surface area contributed by atoms with Gasteiger partial charge in [0, 0.05) is 6.54 Å². The highest BCUT2D eigenvalue weighted by Gasteiger charge is 1.94. The molecule has 1 N–H and O–H groups in total. The summed E-state index contributed by atoms with van der Waals surface area (Å²) >= 11 is 0. The first-order chi connectivity index (χ1) is 7.86. The molecule has 0 saturated heterocycles. The molecule has 0 aliphatic carbocycles. The minimum atomic E-state index is 0.743. The van der Waals surface area contributed by atoms with Crippen molar-refractivity contribution in [3.8, 4) is 5.75 Å². The fraction of sp³-hybridized carbons (Fsp3) is 0.571. The summed E-state index contributed by atoms with van der Waals surface area (Å²) < 4.78 is 5.62. The van der Waals surface area contributed by atoms with E-state index in [4.69, 9.17) is 4.74 Å². The lowest BCUT2D eigenvalue weighted by Crippen LogP contribution is -2.21. The molecule has 0 saturated carbocycles. The van der Waals surface area contributed by atoms with E-state index in [0.717, 1.165) is 31.9 Å². The molecule has 0 bridgehead atoms. The Labute approximate surface area is 99.0 Å². The average molecular weight is 221 g/mol. The van der Waals surface area contributed by atoms with Crippen LogP contribution >= 0.6 is 0 Å².